The first-order valence-corrected chi connectivity index (χ1v) is 11.5. The van der Waals surface area contributed by atoms with Crippen molar-refractivity contribution in [1.82, 2.24) is 4.98 Å². The zero-order valence-corrected chi connectivity index (χ0v) is 20.0. The van der Waals surface area contributed by atoms with Crippen LogP contribution in [0.3, 0.4) is 0 Å². The molecule has 0 unspecified atom stereocenters. The molecular weight excluding hydrogens is 479 g/mol. The highest BCUT2D eigenvalue weighted by molar-refractivity contribution is 8.00. The Morgan fingerprint density at radius 1 is 1.09 bits per heavy atom. The maximum Gasteiger partial charge on any atom is 0.416 e. The van der Waals surface area contributed by atoms with E-state index in [1.807, 2.05) is 45.0 Å². The van der Waals surface area contributed by atoms with Crippen LogP contribution in [0.4, 0.5) is 13.2 Å². The number of alkyl halides is 3. The molecule has 182 valence electrons. The molecule has 1 N–H and O–H groups in total. The summed E-state index contributed by atoms with van der Waals surface area (Å²) >= 11 is 1.59. The van der Waals surface area contributed by atoms with E-state index >= 15 is 0 Å². The molecule has 0 radical (unpaired) electrons. The molecule has 4 rings (SSSR count). The number of carboxylic acid groups (broad SMARTS) is 1. The Morgan fingerprint density at radius 2 is 1.80 bits per heavy atom. The number of carbonyl (C=O) groups is 1. The van der Waals surface area contributed by atoms with Gasteiger partial charge in [0.15, 0.2) is 12.2 Å². The lowest BCUT2D eigenvalue weighted by Crippen LogP contribution is -2.12. The summed E-state index contributed by atoms with van der Waals surface area (Å²) in [5.41, 5.74) is 2.60. The van der Waals surface area contributed by atoms with E-state index in [9.17, 15) is 18.0 Å². The lowest BCUT2D eigenvalue weighted by molar-refractivity contribution is -0.139. The highest BCUT2D eigenvalue weighted by atomic mass is 32.2. The Bertz CT molecular complexity index is 1380. The number of benzene rings is 3. The van der Waals surface area contributed by atoms with Crippen molar-refractivity contribution in [2.24, 2.45) is 0 Å². The Morgan fingerprint density at radius 3 is 2.43 bits per heavy atom. The summed E-state index contributed by atoms with van der Waals surface area (Å²) in [6.07, 6.45) is -4.41. The largest absolute Gasteiger partial charge is 0.482 e. The van der Waals surface area contributed by atoms with Crippen LogP contribution in [0, 0.1) is 6.92 Å². The smallest absolute Gasteiger partial charge is 0.416 e. The number of thioether (sulfide) groups is 1. The Labute approximate surface area is 203 Å². The third kappa shape index (κ3) is 5.45. The van der Waals surface area contributed by atoms with Gasteiger partial charge in [-0.15, -0.1) is 11.8 Å². The zero-order valence-electron chi connectivity index (χ0n) is 19.1. The lowest BCUT2D eigenvalue weighted by Gasteiger charge is -2.25. The number of hydrogen-bond acceptors (Lipinski definition) is 5. The monoisotopic (exact) mass is 501 g/mol. The van der Waals surface area contributed by atoms with Gasteiger partial charge in [-0.1, -0.05) is 12.1 Å². The van der Waals surface area contributed by atoms with Crippen LogP contribution in [0.25, 0.3) is 22.6 Å². The normalized spacial score (nSPS) is 12.2. The van der Waals surface area contributed by atoms with E-state index in [1.54, 1.807) is 23.9 Å². The Kier molecular flexibility index (Phi) is 6.55. The highest BCUT2D eigenvalue weighted by Gasteiger charge is 2.31. The third-order valence-corrected chi connectivity index (χ3v) is 6.61. The van der Waals surface area contributed by atoms with Crippen LogP contribution in [-0.4, -0.2) is 22.7 Å². The highest BCUT2D eigenvalue weighted by Crippen LogP contribution is 2.45. The number of aromatic nitrogens is 1. The van der Waals surface area contributed by atoms with Crippen LogP contribution in [0.2, 0.25) is 0 Å². The predicted octanol–water partition coefficient (Wildman–Crippen LogP) is 7.31. The van der Waals surface area contributed by atoms with Crippen molar-refractivity contribution in [1.29, 1.82) is 0 Å². The molecule has 5 nitrogen and oxygen atoms in total. The van der Waals surface area contributed by atoms with E-state index < -0.39 is 29.1 Å². The molecule has 0 aliphatic carbocycles. The van der Waals surface area contributed by atoms with Gasteiger partial charge in [-0.25, -0.2) is 9.78 Å². The molecule has 0 aliphatic heterocycles. The predicted molar refractivity (Wildman–Crippen MR) is 128 cm³/mol. The number of halogens is 3. The van der Waals surface area contributed by atoms with E-state index in [-0.39, 0.29) is 5.89 Å². The van der Waals surface area contributed by atoms with Crippen LogP contribution in [-0.2, 0) is 15.7 Å². The third-order valence-electron chi connectivity index (χ3n) is 5.39. The van der Waals surface area contributed by atoms with E-state index in [1.165, 1.54) is 12.1 Å². The van der Waals surface area contributed by atoms with Crippen molar-refractivity contribution >= 4 is 28.8 Å². The molecule has 0 saturated carbocycles. The van der Waals surface area contributed by atoms with Gasteiger partial charge in [-0.3, -0.25) is 0 Å². The van der Waals surface area contributed by atoms with E-state index in [4.69, 9.17) is 14.3 Å². The number of fused-ring (bicyclic) bond motifs is 1. The van der Waals surface area contributed by atoms with Gasteiger partial charge < -0.3 is 14.3 Å². The zero-order chi connectivity index (χ0) is 25.4. The van der Waals surface area contributed by atoms with Gasteiger partial charge in [0.05, 0.1) is 5.56 Å². The summed E-state index contributed by atoms with van der Waals surface area (Å²) in [5, 5.41) is 8.82. The maximum absolute atomic E-state index is 12.9. The second kappa shape index (κ2) is 9.30. The van der Waals surface area contributed by atoms with Gasteiger partial charge in [0.2, 0.25) is 5.89 Å². The Balaban J connectivity index is 1.62. The number of hydrogen-bond donors (Lipinski definition) is 1. The molecule has 1 aromatic heterocycles. The van der Waals surface area contributed by atoms with Gasteiger partial charge in [-0.2, -0.15) is 13.2 Å². The first-order chi connectivity index (χ1) is 16.4. The molecule has 4 aromatic rings. The second-order valence-corrected chi connectivity index (χ2v) is 10.2. The van der Waals surface area contributed by atoms with E-state index in [0.717, 1.165) is 28.2 Å². The topological polar surface area (TPSA) is 72.6 Å². The fraction of sp³-hybridized carbons (Fsp3) is 0.231. The summed E-state index contributed by atoms with van der Waals surface area (Å²) in [5.74, 6) is -0.286. The van der Waals surface area contributed by atoms with Crippen LogP contribution in [0.15, 0.2) is 70.0 Å². The summed E-state index contributed by atoms with van der Waals surface area (Å²) in [6, 6.07) is 15.9. The number of rotatable bonds is 7. The number of ether oxygens (including phenoxy) is 1. The molecule has 0 amide bonds. The van der Waals surface area contributed by atoms with Crippen LogP contribution >= 0.6 is 11.8 Å². The van der Waals surface area contributed by atoms with Crippen molar-refractivity contribution in [3.05, 3.63) is 77.4 Å². The molecule has 3 aromatic carbocycles. The van der Waals surface area contributed by atoms with E-state index in [2.05, 4.69) is 4.98 Å². The van der Waals surface area contributed by atoms with Crippen molar-refractivity contribution in [2.75, 3.05) is 6.61 Å². The molecule has 0 spiro atoms. The summed E-state index contributed by atoms with van der Waals surface area (Å²) in [6.45, 7) is 5.52. The first-order valence-electron chi connectivity index (χ1n) is 10.7. The molecule has 0 fully saturated rings. The molecular formula is C26H22F3NO4S. The fourth-order valence-corrected chi connectivity index (χ4v) is 4.92. The molecule has 0 bridgehead atoms. The first kappa shape index (κ1) is 24.7. The second-order valence-electron chi connectivity index (χ2n) is 8.47. The SMILES string of the molecule is Cc1cc(SC(C)(C)c2cccc3nc(-c4ccc(C(F)(F)F)cc4)oc23)ccc1OCC(=O)O. The summed E-state index contributed by atoms with van der Waals surface area (Å²) in [4.78, 5) is 16.2. The number of oxazole rings is 1. The van der Waals surface area contributed by atoms with Crippen molar-refractivity contribution < 1.29 is 32.2 Å². The lowest BCUT2D eigenvalue weighted by atomic mass is 10.0. The number of para-hydroxylation sites is 1. The van der Waals surface area contributed by atoms with Gasteiger partial charge >= 0.3 is 12.1 Å². The average molecular weight is 502 g/mol. The fourth-order valence-electron chi connectivity index (χ4n) is 3.68. The van der Waals surface area contributed by atoms with Gasteiger partial charge in [0.1, 0.15) is 11.3 Å². The average Bonchev–Trinajstić information content (AvgIpc) is 3.22. The maximum atomic E-state index is 12.9. The quantitative estimate of drug-likeness (QED) is 0.268. The molecule has 0 atom stereocenters. The molecule has 0 aliphatic rings. The van der Waals surface area contributed by atoms with Gasteiger partial charge in [-0.05, 0) is 74.9 Å². The number of aliphatic carboxylic acids is 1. The minimum absolute atomic E-state index is 0.248. The number of carboxylic acids is 1. The Hall–Kier alpha value is -3.46. The van der Waals surface area contributed by atoms with Crippen molar-refractivity contribution in [3.8, 4) is 17.2 Å². The van der Waals surface area contributed by atoms with Crippen molar-refractivity contribution in [3.63, 3.8) is 0 Å². The minimum Gasteiger partial charge on any atom is -0.482 e. The summed E-state index contributed by atoms with van der Waals surface area (Å²) in [7, 11) is 0. The van der Waals surface area contributed by atoms with Crippen molar-refractivity contribution in [2.45, 2.75) is 36.6 Å². The molecule has 1 heterocycles. The molecule has 0 saturated heterocycles. The van der Waals surface area contributed by atoms with Gasteiger partial charge in [0, 0.05) is 20.8 Å². The molecule has 35 heavy (non-hydrogen) atoms. The van der Waals surface area contributed by atoms with Gasteiger partial charge in [0.25, 0.3) is 0 Å². The standard InChI is InChI=1S/C26H22F3NO4S/c1-15-13-18(11-12-21(15)33-14-22(31)32)35-25(2,3)19-5-4-6-20-23(19)34-24(30-20)16-7-9-17(10-8-16)26(27,28)29/h4-13H,14H2,1-3H3,(H,31,32). The van der Waals surface area contributed by atoms with Crippen LogP contribution in [0.5, 0.6) is 5.75 Å². The van der Waals surface area contributed by atoms with Crippen LogP contribution < -0.4 is 4.74 Å². The van der Waals surface area contributed by atoms with Crippen LogP contribution in [0.1, 0.15) is 30.5 Å². The molecule has 9 heteroatoms. The summed E-state index contributed by atoms with van der Waals surface area (Å²) < 4.78 is 49.6. The number of aryl methyl sites for hydroxylation is 1. The van der Waals surface area contributed by atoms with E-state index in [0.29, 0.717) is 22.4 Å². The number of nitrogens with zero attached hydrogens (tertiary/aromatic N) is 1. The minimum atomic E-state index is -4.41.